The zero-order valence-electron chi connectivity index (χ0n) is 9.57. The summed E-state index contributed by atoms with van der Waals surface area (Å²) in [4.78, 5) is 10.9. The maximum atomic E-state index is 10.9. The minimum absolute atomic E-state index is 0.169. The largest absolute Gasteiger partial charge is 0.475 e. The Bertz CT molecular complexity index is 440. The van der Waals surface area contributed by atoms with E-state index in [4.69, 9.17) is 26.2 Å². The lowest BCUT2D eigenvalue weighted by atomic mass is 10.2. The van der Waals surface area contributed by atoms with Crippen LogP contribution in [0.25, 0.3) is 0 Å². The van der Waals surface area contributed by atoms with Gasteiger partial charge >= 0.3 is 5.97 Å². The highest BCUT2D eigenvalue weighted by atomic mass is 35.5. The van der Waals surface area contributed by atoms with Crippen molar-refractivity contribution in [1.82, 2.24) is 0 Å². The van der Waals surface area contributed by atoms with Gasteiger partial charge in [-0.2, -0.15) is 0 Å². The predicted molar refractivity (Wildman–Crippen MR) is 64.4 cm³/mol. The Balaban J connectivity index is 2.90. The van der Waals surface area contributed by atoms with Gasteiger partial charge in [0, 0.05) is 12.1 Å². The predicted octanol–water partition coefficient (Wildman–Crippen LogP) is 2.64. The zero-order chi connectivity index (χ0) is 12.8. The fourth-order valence-corrected chi connectivity index (χ4v) is 1.40. The van der Waals surface area contributed by atoms with Crippen molar-refractivity contribution in [2.45, 2.75) is 6.92 Å². The maximum absolute atomic E-state index is 10.9. The average molecular weight is 257 g/mol. The first-order chi connectivity index (χ1) is 8.04. The van der Waals surface area contributed by atoms with Crippen molar-refractivity contribution < 1.29 is 19.4 Å². The molecule has 0 fully saturated rings. The third-order valence-electron chi connectivity index (χ3n) is 2.00. The number of hydrogen-bond acceptors (Lipinski definition) is 3. The molecule has 0 saturated carbocycles. The van der Waals surface area contributed by atoms with Crippen LogP contribution in [-0.4, -0.2) is 24.8 Å². The number of aryl methyl sites for hydroxylation is 1. The van der Waals surface area contributed by atoms with Gasteiger partial charge in [-0.3, -0.25) is 0 Å². The van der Waals surface area contributed by atoms with Crippen molar-refractivity contribution in [1.29, 1.82) is 0 Å². The van der Waals surface area contributed by atoms with E-state index >= 15 is 0 Å². The summed E-state index contributed by atoms with van der Waals surface area (Å²) in [5.41, 5.74) is 0.766. The summed E-state index contributed by atoms with van der Waals surface area (Å²) in [5, 5.41) is 9.51. The molecule has 1 aromatic rings. The van der Waals surface area contributed by atoms with Crippen molar-refractivity contribution >= 4 is 17.6 Å². The zero-order valence-corrected chi connectivity index (χ0v) is 10.3. The molecule has 17 heavy (non-hydrogen) atoms. The summed E-state index contributed by atoms with van der Waals surface area (Å²) in [6, 6.07) is 4.97. The van der Waals surface area contributed by atoms with Gasteiger partial charge in [0.2, 0.25) is 5.76 Å². The minimum Gasteiger partial charge on any atom is -0.475 e. The molecule has 0 spiro atoms. The number of ether oxygens (including phenoxy) is 2. The van der Waals surface area contributed by atoms with Gasteiger partial charge in [0.05, 0.1) is 6.61 Å². The second kappa shape index (κ2) is 6.27. The first kappa shape index (κ1) is 13.5. The Hall–Kier alpha value is -1.52. The van der Waals surface area contributed by atoms with E-state index in [2.05, 4.69) is 0 Å². The Kier molecular flexibility index (Phi) is 5.00. The fourth-order valence-electron chi connectivity index (χ4n) is 1.18. The third kappa shape index (κ3) is 4.09. The van der Waals surface area contributed by atoms with Crippen LogP contribution in [0.1, 0.15) is 5.56 Å². The van der Waals surface area contributed by atoms with Crippen LogP contribution in [0.4, 0.5) is 0 Å². The summed E-state index contributed by atoms with van der Waals surface area (Å²) in [7, 11) is 1.48. The molecule has 0 radical (unpaired) electrons. The van der Waals surface area contributed by atoms with Crippen LogP contribution in [0.15, 0.2) is 30.0 Å². The molecule has 4 nitrogen and oxygen atoms in total. The van der Waals surface area contributed by atoms with E-state index in [1.165, 1.54) is 13.2 Å². The van der Waals surface area contributed by atoms with Crippen LogP contribution in [0.3, 0.4) is 0 Å². The van der Waals surface area contributed by atoms with Gasteiger partial charge < -0.3 is 14.6 Å². The van der Waals surface area contributed by atoms with Gasteiger partial charge in [0.15, 0.2) is 0 Å². The van der Waals surface area contributed by atoms with Crippen LogP contribution in [0.2, 0.25) is 5.02 Å². The Morgan fingerprint density at radius 2 is 2.24 bits per heavy atom. The number of carbonyl (C=O) groups is 1. The number of carboxylic acid groups (broad SMARTS) is 1. The van der Waals surface area contributed by atoms with Gasteiger partial charge in [-0.15, -0.1) is 0 Å². The maximum Gasteiger partial charge on any atom is 0.371 e. The molecule has 92 valence electrons. The van der Waals surface area contributed by atoms with Crippen molar-refractivity contribution in [3.05, 3.63) is 40.6 Å². The van der Waals surface area contributed by atoms with E-state index in [0.717, 1.165) is 5.56 Å². The molecule has 1 N–H and O–H groups in total. The van der Waals surface area contributed by atoms with Gasteiger partial charge in [-0.1, -0.05) is 11.6 Å². The van der Waals surface area contributed by atoms with E-state index in [0.29, 0.717) is 10.8 Å². The summed E-state index contributed by atoms with van der Waals surface area (Å²) in [6.07, 6.45) is 1.36. The van der Waals surface area contributed by atoms with Gasteiger partial charge in [0.25, 0.3) is 0 Å². The Labute approximate surface area is 104 Å². The van der Waals surface area contributed by atoms with E-state index in [9.17, 15) is 4.79 Å². The first-order valence-electron chi connectivity index (χ1n) is 4.91. The summed E-state index contributed by atoms with van der Waals surface area (Å²) < 4.78 is 10.1. The van der Waals surface area contributed by atoms with Gasteiger partial charge in [-0.05, 0) is 36.8 Å². The highest BCUT2D eigenvalue weighted by Crippen LogP contribution is 2.23. The second-order valence-corrected chi connectivity index (χ2v) is 3.78. The van der Waals surface area contributed by atoms with E-state index in [-0.39, 0.29) is 12.4 Å². The van der Waals surface area contributed by atoms with Gasteiger partial charge in [0.1, 0.15) is 5.75 Å². The lowest BCUT2D eigenvalue weighted by molar-refractivity contribution is -0.135. The molecule has 0 aromatic heterocycles. The van der Waals surface area contributed by atoms with Crippen molar-refractivity contribution in [3.63, 3.8) is 0 Å². The monoisotopic (exact) mass is 256 g/mol. The third-order valence-corrected chi connectivity index (χ3v) is 2.24. The Morgan fingerprint density at radius 1 is 1.53 bits per heavy atom. The highest BCUT2D eigenvalue weighted by molar-refractivity contribution is 6.30. The van der Waals surface area contributed by atoms with E-state index < -0.39 is 5.97 Å². The molecule has 0 aliphatic heterocycles. The second-order valence-electron chi connectivity index (χ2n) is 3.34. The van der Waals surface area contributed by atoms with Crippen molar-refractivity contribution in [2.75, 3.05) is 13.7 Å². The molecule has 0 amide bonds. The summed E-state index contributed by atoms with van der Waals surface area (Å²) >= 11 is 5.79. The minimum atomic E-state index is -1.14. The average Bonchev–Trinajstić information content (AvgIpc) is 2.26. The van der Waals surface area contributed by atoms with Crippen LogP contribution in [-0.2, 0) is 9.53 Å². The van der Waals surface area contributed by atoms with Crippen molar-refractivity contribution in [3.8, 4) is 5.75 Å². The molecule has 5 heteroatoms. The van der Waals surface area contributed by atoms with Crippen LogP contribution in [0.5, 0.6) is 5.75 Å². The number of hydrogen-bond donors (Lipinski definition) is 1. The first-order valence-corrected chi connectivity index (χ1v) is 5.28. The normalized spacial score (nSPS) is 11.4. The lowest BCUT2D eigenvalue weighted by Gasteiger charge is -2.09. The number of aliphatic carboxylic acids is 1. The molecule has 0 saturated heterocycles. The highest BCUT2D eigenvalue weighted by Gasteiger charge is 2.11. The molecule has 0 bridgehead atoms. The van der Waals surface area contributed by atoms with Crippen LogP contribution < -0.4 is 4.74 Å². The van der Waals surface area contributed by atoms with Crippen LogP contribution >= 0.6 is 11.6 Å². The topological polar surface area (TPSA) is 55.8 Å². The molecule has 1 rings (SSSR count). The molecule has 0 heterocycles. The molecule has 0 aliphatic rings. The van der Waals surface area contributed by atoms with Gasteiger partial charge in [-0.25, -0.2) is 4.79 Å². The number of halogens is 1. The number of benzene rings is 1. The molecule has 0 atom stereocenters. The number of rotatable bonds is 5. The molecule has 0 aliphatic carbocycles. The van der Waals surface area contributed by atoms with E-state index in [1.54, 1.807) is 25.1 Å². The molecule has 1 aromatic carbocycles. The van der Waals surface area contributed by atoms with E-state index in [1.807, 2.05) is 0 Å². The summed E-state index contributed by atoms with van der Waals surface area (Å²) in [6.45, 7) is 1.96. The Morgan fingerprint density at radius 3 is 2.76 bits per heavy atom. The number of carboxylic acids is 1. The lowest BCUT2D eigenvalue weighted by Crippen LogP contribution is -2.09. The molecular weight excluding hydrogens is 244 g/mol. The SMILES string of the molecule is COCC=C(Oc1ccc(Cl)cc1C)C(=O)O. The smallest absolute Gasteiger partial charge is 0.371 e. The summed E-state index contributed by atoms with van der Waals surface area (Å²) in [5.74, 6) is -0.854. The molecule has 0 unspecified atom stereocenters. The quantitative estimate of drug-likeness (QED) is 0.650. The molecular formula is C12H13ClO4. The van der Waals surface area contributed by atoms with Crippen molar-refractivity contribution in [2.24, 2.45) is 0 Å². The number of methoxy groups -OCH3 is 1. The fraction of sp³-hybridized carbons (Fsp3) is 0.250. The van der Waals surface area contributed by atoms with Crippen LogP contribution in [0, 0.1) is 6.92 Å². The standard InChI is InChI=1S/C12H13ClO4/c1-8-7-9(13)3-4-10(8)17-11(12(14)15)5-6-16-2/h3-5,7H,6H2,1-2H3,(H,14,15).